The van der Waals surface area contributed by atoms with E-state index in [9.17, 15) is 13.2 Å². The molecule has 2 fully saturated rings. The first-order valence-electron chi connectivity index (χ1n) is 7.24. The highest BCUT2D eigenvalue weighted by Gasteiger charge is 2.46. The van der Waals surface area contributed by atoms with Gasteiger partial charge in [-0.2, -0.15) is 12.7 Å². The molecule has 1 aliphatic heterocycles. The Morgan fingerprint density at radius 3 is 2.60 bits per heavy atom. The summed E-state index contributed by atoms with van der Waals surface area (Å²) in [6, 6.07) is 0. The lowest BCUT2D eigenvalue weighted by Crippen LogP contribution is -2.48. The average Bonchev–Trinajstić information content (AvgIpc) is 3.18. The van der Waals surface area contributed by atoms with Crippen LogP contribution in [0.4, 0.5) is 0 Å². The molecule has 1 heterocycles. The van der Waals surface area contributed by atoms with Crippen LogP contribution in [-0.4, -0.2) is 43.4 Å². The van der Waals surface area contributed by atoms with Crippen molar-refractivity contribution in [2.75, 3.05) is 19.6 Å². The number of aliphatic carboxylic acids is 1. The van der Waals surface area contributed by atoms with Gasteiger partial charge in [0.25, 0.3) is 10.2 Å². The van der Waals surface area contributed by atoms with Gasteiger partial charge < -0.3 is 5.11 Å². The van der Waals surface area contributed by atoms with Gasteiger partial charge in [0, 0.05) is 19.6 Å². The first-order chi connectivity index (χ1) is 9.27. The van der Waals surface area contributed by atoms with Gasteiger partial charge in [-0.05, 0) is 37.0 Å². The lowest BCUT2D eigenvalue weighted by molar-refractivity contribution is -0.142. The molecule has 0 bridgehead atoms. The number of rotatable bonds is 6. The highest BCUT2D eigenvalue weighted by atomic mass is 32.2. The maximum absolute atomic E-state index is 12.3. The van der Waals surface area contributed by atoms with Crippen molar-refractivity contribution in [1.82, 2.24) is 9.03 Å². The summed E-state index contributed by atoms with van der Waals surface area (Å²) in [5, 5.41) is 9.02. The van der Waals surface area contributed by atoms with E-state index in [1.807, 2.05) is 0 Å². The number of hydrogen-bond acceptors (Lipinski definition) is 3. The quantitative estimate of drug-likeness (QED) is 0.768. The normalized spacial score (nSPS) is 26.6. The SMILES string of the molecule is CC(C)C1(CNS(=O)(=O)N2CCCC(C(=O)O)C2)CC1. The van der Waals surface area contributed by atoms with E-state index in [0.29, 0.717) is 31.8 Å². The van der Waals surface area contributed by atoms with E-state index < -0.39 is 22.1 Å². The van der Waals surface area contributed by atoms with Gasteiger partial charge in [-0.1, -0.05) is 13.8 Å². The van der Waals surface area contributed by atoms with E-state index in [-0.39, 0.29) is 12.0 Å². The molecule has 2 aliphatic rings. The second kappa shape index (κ2) is 5.61. The van der Waals surface area contributed by atoms with E-state index in [0.717, 1.165) is 12.8 Å². The van der Waals surface area contributed by atoms with Gasteiger partial charge in [0.15, 0.2) is 0 Å². The standard InChI is InChI=1S/C13H24N2O4S/c1-10(2)13(5-6-13)9-14-20(18,19)15-7-3-4-11(8-15)12(16)17/h10-11,14H,3-9H2,1-2H3,(H,16,17). The number of carboxylic acids is 1. The van der Waals surface area contributed by atoms with E-state index in [1.54, 1.807) is 0 Å². The topological polar surface area (TPSA) is 86.7 Å². The van der Waals surface area contributed by atoms with E-state index in [4.69, 9.17) is 5.11 Å². The summed E-state index contributed by atoms with van der Waals surface area (Å²) in [6.45, 7) is 5.18. The number of piperidine rings is 1. The summed E-state index contributed by atoms with van der Waals surface area (Å²) in [7, 11) is -3.56. The van der Waals surface area contributed by atoms with Crippen molar-refractivity contribution in [1.29, 1.82) is 0 Å². The zero-order valence-corrected chi connectivity index (χ0v) is 12.9. The molecule has 7 heteroatoms. The molecule has 1 aliphatic carbocycles. The predicted molar refractivity (Wildman–Crippen MR) is 75.4 cm³/mol. The summed E-state index contributed by atoms with van der Waals surface area (Å²) >= 11 is 0. The zero-order valence-electron chi connectivity index (χ0n) is 12.1. The summed E-state index contributed by atoms with van der Waals surface area (Å²) in [4.78, 5) is 11.0. The Hall–Kier alpha value is -0.660. The summed E-state index contributed by atoms with van der Waals surface area (Å²) in [5.74, 6) is -1.04. The van der Waals surface area contributed by atoms with Crippen LogP contribution in [0.25, 0.3) is 0 Å². The fourth-order valence-corrected chi connectivity index (χ4v) is 4.21. The second-order valence-corrected chi connectivity index (χ2v) is 8.13. The van der Waals surface area contributed by atoms with Gasteiger partial charge in [-0.25, -0.2) is 4.72 Å². The Morgan fingerprint density at radius 1 is 1.45 bits per heavy atom. The molecule has 0 amide bonds. The van der Waals surface area contributed by atoms with Gasteiger partial charge in [-0.15, -0.1) is 0 Å². The largest absolute Gasteiger partial charge is 0.481 e. The van der Waals surface area contributed by atoms with Crippen LogP contribution in [0.2, 0.25) is 0 Å². The highest BCUT2D eigenvalue weighted by molar-refractivity contribution is 7.87. The minimum absolute atomic E-state index is 0.0827. The zero-order chi connectivity index (χ0) is 15.0. The average molecular weight is 304 g/mol. The lowest BCUT2D eigenvalue weighted by atomic mass is 9.93. The van der Waals surface area contributed by atoms with Crippen molar-refractivity contribution in [2.24, 2.45) is 17.3 Å². The van der Waals surface area contributed by atoms with Gasteiger partial charge in [0.05, 0.1) is 5.92 Å². The van der Waals surface area contributed by atoms with Gasteiger partial charge in [0.1, 0.15) is 0 Å². The molecular weight excluding hydrogens is 280 g/mol. The fourth-order valence-electron chi connectivity index (χ4n) is 2.81. The minimum atomic E-state index is -3.56. The molecule has 2 rings (SSSR count). The lowest BCUT2D eigenvalue weighted by Gasteiger charge is -2.31. The Balaban J connectivity index is 1.94. The smallest absolute Gasteiger partial charge is 0.307 e. The van der Waals surface area contributed by atoms with Crippen molar-refractivity contribution in [3.63, 3.8) is 0 Å². The van der Waals surface area contributed by atoms with Crippen molar-refractivity contribution >= 4 is 16.2 Å². The van der Waals surface area contributed by atoms with Crippen LogP contribution in [0.3, 0.4) is 0 Å². The maximum atomic E-state index is 12.3. The molecule has 0 aromatic carbocycles. The third kappa shape index (κ3) is 3.32. The van der Waals surface area contributed by atoms with Crippen molar-refractivity contribution in [2.45, 2.75) is 39.5 Å². The second-order valence-electron chi connectivity index (χ2n) is 6.38. The summed E-state index contributed by atoms with van der Waals surface area (Å²) < 4.78 is 28.5. The third-order valence-corrected chi connectivity index (χ3v) is 6.32. The molecule has 0 aromatic rings. The molecule has 1 saturated carbocycles. The van der Waals surface area contributed by atoms with Gasteiger partial charge >= 0.3 is 5.97 Å². The number of nitrogens with one attached hydrogen (secondary N) is 1. The van der Waals surface area contributed by atoms with Crippen molar-refractivity contribution in [3.05, 3.63) is 0 Å². The number of nitrogens with zero attached hydrogens (tertiary/aromatic N) is 1. The van der Waals surface area contributed by atoms with Crippen LogP contribution in [0, 0.1) is 17.3 Å². The monoisotopic (exact) mass is 304 g/mol. The first kappa shape index (κ1) is 15.7. The van der Waals surface area contributed by atoms with Crippen LogP contribution in [-0.2, 0) is 15.0 Å². The Bertz CT molecular complexity index is 471. The molecule has 0 radical (unpaired) electrons. The van der Waals surface area contributed by atoms with Crippen LogP contribution in [0.5, 0.6) is 0 Å². The first-order valence-corrected chi connectivity index (χ1v) is 8.68. The molecule has 20 heavy (non-hydrogen) atoms. The number of carboxylic acid groups (broad SMARTS) is 1. The van der Waals surface area contributed by atoms with Gasteiger partial charge in [0.2, 0.25) is 0 Å². The van der Waals surface area contributed by atoms with E-state index in [2.05, 4.69) is 18.6 Å². The minimum Gasteiger partial charge on any atom is -0.481 e. The third-order valence-electron chi connectivity index (χ3n) is 4.80. The number of hydrogen-bond donors (Lipinski definition) is 2. The molecule has 1 saturated heterocycles. The summed E-state index contributed by atoms with van der Waals surface area (Å²) in [6.07, 6.45) is 3.28. The molecule has 0 spiro atoms. The van der Waals surface area contributed by atoms with Crippen LogP contribution in [0.1, 0.15) is 39.5 Å². The van der Waals surface area contributed by atoms with Gasteiger partial charge in [-0.3, -0.25) is 4.79 Å². The Kier molecular flexibility index (Phi) is 4.41. The maximum Gasteiger partial charge on any atom is 0.307 e. The predicted octanol–water partition coefficient (Wildman–Crippen LogP) is 1.05. The molecule has 1 unspecified atom stereocenters. The number of carbonyl (C=O) groups is 1. The van der Waals surface area contributed by atoms with Crippen LogP contribution < -0.4 is 4.72 Å². The van der Waals surface area contributed by atoms with Crippen LogP contribution in [0.15, 0.2) is 0 Å². The molecule has 116 valence electrons. The molecule has 2 N–H and O–H groups in total. The Morgan fingerprint density at radius 2 is 2.10 bits per heavy atom. The van der Waals surface area contributed by atoms with Crippen molar-refractivity contribution in [3.8, 4) is 0 Å². The van der Waals surface area contributed by atoms with Crippen LogP contribution >= 0.6 is 0 Å². The molecule has 6 nitrogen and oxygen atoms in total. The van der Waals surface area contributed by atoms with Crippen molar-refractivity contribution < 1.29 is 18.3 Å². The molecule has 0 aromatic heterocycles. The highest BCUT2D eigenvalue weighted by Crippen LogP contribution is 2.51. The molecule has 1 atom stereocenters. The van der Waals surface area contributed by atoms with E-state index >= 15 is 0 Å². The fraction of sp³-hybridized carbons (Fsp3) is 0.923. The summed E-state index contributed by atoms with van der Waals surface area (Å²) in [5.41, 5.74) is 0.106. The van der Waals surface area contributed by atoms with E-state index in [1.165, 1.54) is 4.31 Å². The Labute approximate surface area is 120 Å². The molecular formula is C13H24N2O4S.